The zero-order chi connectivity index (χ0) is 14.7. The zero-order valence-electron chi connectivity index (χ0n) is 11.8. The first kappa shape index (κ1) is 13.4. The second kappa shape index (κ2) is 5.83. The summed E-state index contributed by atoms with van der Waals surface area (Å²) in [6, 6.07) is 7.96. The fourth-order valence-electron chi connectivity index (χ4n) is 2.48. The molecule has 3 rings (SSSR count). The maximum Gasteiger partial charge on any atom is 0.227 e. The summed E-state index contributed by atoms with van der Waals surface area (Å²) in [5.41, 5.74) is 3.04. The fourth-order valence-corrected chi connectivity index (χ4v) is 2.48. The predicted octanol–water partition coefficient (Wildman–Crippen LogP) is 2.72. The molecule has 0 aliphatic carbocycles. The number of nitrogens with zero attached hydrogens (tertiary/aromatic N) is 3. The standard InChI is InChI=1S/C16H18N4O/c1-2-19-12-13(11-18-19)10-17-14-5-3-6-15(9-14)20-8-4-7-16(20)21/h2-3,5-6,9,11-12,17H,1,4,7-8,10H2. The topological polar surface area (TPSA) is 50.2 Å². The van der Waals surface area contributed by atoms with Gasteiger partial charge in [-0.2, -0.15) is 5.10 Å². The molecule has 0 radical (unpaired) electrons. The number of benzene rings is 1. The van der Waals surface area contributed by atoms with Crippen LogP contribution >= 0.6 is 0 Å². The van der Waals surface area contributed by atoms with Gasteiger partial charge in [0.2, 0.25) is 5.91 Å². The van der Waals surface area contributed by atoms with Crippen molar-refractivity contribution in [2.24, 2.45) is 0 Å². The molecule has 0 atom stereocenters. The molecule has 0 saturated carbocycles. The van der Waals surface area contributed by atoms with Crippen molar-refractivity contribution in [3.63, 3.8) is 0 Å². The maximum absolute atomic E-state index is 11.8. The molecule has 5 heteroatoms. The number of aromatic nitrogens is 2. The van der Waals surface area contributed by atoms with Crippen molar-refractivity contribution in [3.8, 4) is 0 Å². The molecule has 21 heavy (non-hydrogen) atoms. The van der Waals surface area contributed by atoms with E-state index in [1.807, 2.05) is 41.6 Å². The highest BCUT2D eigenvalue weighted by atomic mass is 16.2. The monoisotopic (exact) mass is 282 g/mol. The Balaban J connectivity index is 1.68. The minimum Gasteiger partial charge on any atom is -0.381 e. The van der Waals surface area contributed by atoms with Crippen LogP contribution in [0.25, 0.3) is 6.20 Å². The third-order valence-electron chi connectivity index (χ3n) is 3.57. The maximum atomic E-state index is 11.8. The van der Waals surface area contributed by atoms with Crippen molar-refractivity contribution in [2.75, 3.05) is 16.8 Å². The fraction of sp³-hybridized carbons (Fsp3) is 0.250. The Bertz CT molecular complexity index is 662. The van der Waals surface area contributed by atoms with E-state index in [1.54, 1.807) is 10.9 Å². The van der Waals surface area contributed by atoms with Crippen LogP contribution in [-0.2, 0) is 11.3 Å². The lowest BCUT2D eigenvalue weighted by Crippen LogP contribution is -2.23. The summed E-state index contributed by atoms with van der Waals surface area (Å²) < 4.78 is 1.68. The quantitative estimate of drug-likeness (QED) is 0.917. The molecular formula is C16H18N4O. The largest absolute Gasteiger partial charge is 0.381 e. The molecule has 1 aromatic carbocycles. The van der Waals surface area contributed by atoms with Crippen molar-refractivity contribution < 1.29 is 4.79 Å². The number of hydrogen-bond donors (Lipinski definition) is 1. The molecular weight excluding hydrogens is 264 g/mol. The molecule has 1 amide bonds. The Morgan fingerprint density at radius 3 is 3.05 bits per heavy atom. The average molecular weight is 282 g/mol. The summed E-state index contributed by atoms with van der Waals surface area (Å²) in [7, 11) is 0. The van der Waals surface area contributed by atoms with Gasteiger partial charge in [-0.05, 0) is 24.6 Å². The molecule has 1 fully saturated rings. The number of amides is 1. The van der Waals surface area contributed by atoms with E-state index in [0.717, 1.165) is 29.9 Å². The number of carbonyl (C=O) groups is 1. The minimum absolute atomic E-state index is 0.208. The second-order valence-corrected chi connectivity index (χ2v) is 5.06. The molecule has 5 nitrogen and oxygen atoms in total. The number of hydrogen-bond acceptors (Lipinski definition) is 3. The van der Waals surface area contributed by atoms with Gasteiger partial charge in [0.05, 0.1) is 6.20 Å². The molecule has 1 aliphatic heterocycles. The molecule has 2 aromatic rings. The number of rotatable bonds is 5. The van der Waals surface area contributed by atoms with Crippen LogP contribution in [0.5, 0.6) is 0 Å². The highest BCUT2D eigenvalue weighted by Crippen LogP contribution is 2.24. The van der Waals surface area contributed by atoms with Gasteiger partial charge in [0.15, 0.2) is 0 Å². The molecule has 1 aliphatic rings. The van der Waals surface area contributed by atoms with Crippen molar-refractivity contribution in [1.82, 2.24) is 9.78 Å². The van der Waals surface area contributed by atoms with Crippen molar-refractivity contribution in [3.05, 3.63) is 48.8 Å². The molecule has 0 spiro atoms. The van der Waals surface area contributed by atoms with Gasteiger partial charge in [-0.3, -0.25) is 4.79 Å². The van der Waals surface area contributed by atoms with Crippen molar-refractivity contribution in [2.45, 2.75) is 19.4 Å². The van der Waals surface area contributed by atoms with Crippen LogP contribution in [0.4, 0.5) is 11.4 Å². The van der Waals surface area contributed by atoms with Crippen LogP contribution in [-0.4, -0.2) is 22.2 Å². The minimum atomic E-state index is 0.208. The van der Waals surface area contributed by atoms with Crippen LogP contribution in [0.15, 0.2) is 43.2 Å². The average Bonchev–Trinajstić information content (AvgIpc) is 3.14. The van der Waals surface area contributed by atoms with Crippen molar-refractivity contribution >= 4 is 23.5 Å². The van der Waals surface area contributed by atoms with Gasteiger partial charge in [-0.15, -0.1) is 0 Å². The number of nitrogens with one attached hydrogen (secondary N) is 1. The molecule has 1 N–H and O–H groups in total. The Kier molecular flexibility index (Phi) is 3.73. The van der Waals surface area contributed by atoms with Crippen LogP contribution in [0, 0.1) is 0 Å². The lowest BCUT2D eigenvalue weighted by molar-refractivity contribution is -0.117. The van der Waals surface area contributed by atoms with Gasteiger partial charge in [0.25, 0.3) is 0 Å². The molecule has 2 heterocycles. The molecule has 108 valence electrons. The zero-order valence-corrected chi connectivity index (χ0v) is 11.8. The van der Waals surface area contributed by atoms with Gasteiger partial charge >= 0.3 is 0 Å². The summed E-state index contributed by atoms with van der Waals surface area (Å²) in [5.74, 6) is 0.208. The predicted molar refractivity (Wildman–Crippen MR) is 84.0 cm³/mol. The Morgan fingerprint density at radius 2 is 2.33 bits per heavy atom. The number of anilines is 2. The normalized spacial score (nSPS) is 14.5. The second-order valence-electron chi connectivity index (χ2n) is 5.06. The first-order valence-corrected chi connectivity index (χ1v) is 7.06. The van der Waals surface area contributed by atoms with Crippen LogP contribution in [0.3, 0.4) is 0 Å². The molecule has 0 unspecified atom stereocenters. The van der Waals surface area contributed by atoms with E-state index in [4.69, 9.17) is 0 Å². The summed E-state index contributed by atoms with van der Waals surface area (Å²) in [5, 5.41) is 7.49. The summed E-state index contributed by atoms with van der Waals surface area (Å²) >= 11 is 0. The van der Waals surface area contributed by atoms with E-state index in [-0.39, 0.29) is 5.91 Å². The van der Waals surface area contributed by atoms with E-state index >= 15 is 0 Å². The summed E-state index contributed by atoms with van der Waals surface area (Å²) in [6.07, 6.45) is 6.98. The van der Waals surface area contributed by atoms with Gasteiger partial charge in [0.1, 0.15) is 0 Å². The summed E-state index contributed by atoms with van der Waals surface area (Å²) in [4.78, 5) is 13.6. The van der Waals surface area contributed by atoms with E-state index < -0.39 is 0 Å². The lowest BCUT2D eigenvalue weighted by Gasteiger charge is -2.17. The first-order chi connectivity index (χ1) is 10.3. The van der Waals surface area contributed by atoms with E-state index in [9.17, 15) is 4.79 Å². The third-order valence-corrected chi connectivity index (χ3v) is 3.57. The summed E-state index contributed by atoms with van der Waals surface area (Å²) in [6.45, 7) is 5.17. The molecule has 1 aromatic heterocycles. The van der Waals surface area contributed by atoms with E-state index in [0.29, 0.717) is 13.0 Å². The lowest BCUT2D eigenvalue weighted by atomic mass is 10.2. The first-order valence-electron chi connectivity index (χ1n) is 7.06. The van der Waals surface area contributed by atoms with Gasteiger partial charge in [-0.1, -0.05) is 12.6 Å². The Morgan fingerprint density at radius 1 is 1.43 bits per heavy atom. The van der Waals surface area contributed by atoms with Crippen LogP contribution < -0.4 is 10.2 Å². The van der Waals surface area contributed by atoms with Crippen LogP contribution in [0.1, 0.15) is 18.4 Å². The van der Waals surface area contributed by atoms with E-state index in [1.165, 1.54) is 0 Å². The third kappa shape index (κ3) is 2.97. The van der Waals surface area contributed by atoms with Gasteiger partial charge in [-0.25, -0.2) is 4.68 Å². The number of carbonyl (C=O) groups excluding carboxylic acids is 1. The van der Waals surface area contributed by atoms with Crippen LogP contribution in [0.2, 0.25) is 0 Å². The van der Waals surface area contributed by atoms with Gasteiger partial charge < -0.3 is 10.2 Å². The van der Waals surface area contributed by atoms with Crippen molar-refractivity contribution in [1.29, 1.82) is 0 Å². The Labute approximate surface area is 123 Å². The SMILES string of the molecule is C=Cn1cc(CNc2cccc(N3CCCC3=O)c2)cn1. The Hall–Kier alpha value is -2.56. The highest BCUT2D eigenvalue weighted by molar-refractivity contribution is 5.95. The smallest absolute Gasteiger partial charge is 0.227 e. The van der Waals surface area contributed by atoms with Gasteiger partial charge in [0, 0.05) is 48.8 Å². The highest BCUT2D eigenvalue weighted by Gasteiger charge is 2.21. The molecule has 1 saturated heterocycles. The molecule has 0 bridgehead atoms. The van der Waals surface area contributed by atoms with E-state index in [2.05, 4.69) is 17.0 Å².